The van der Waals surface area contributed by atoms with Gasteiger partial charge in [-0.1, -0.05) is 0 Å². The largest absolute Gasteiger partial charge is 0.422 e. The molecule has 21 heavy (non-hydrogen) atoms. The predicted octanol–water partition coefficient (Wildman–Crippen LogP) is 2.89. The Bertz CT molecular complexity index is 745. The van der Waals surface area contributed by atoms with Crippen molar-refractivity contribution in [3.63, 3.8) is 0 Å². The van der Waals surface area contributed by atoms with Gasteiger partial charge in [0.05, 0.1) is 10.5 Å². The number of fused-ring (bicyclic) bond motifs is 1. The lowest BCUT2D eigenvalue weighted by molar-refractivity contribution is -0.400. The van der Waals surface area contributed by atoms with Crippen LogP contribution in [0.4, 0.5) is 5.69 Å². The Morgan fingerprint density at radius 3 is 2.62 bits per heavy atom. The summed E-state index contributed by atoms with van der Waals surface area (Å²) in [6.07, 6.45) is 1.87. The predicted molar refractivity (Wildman–Crippen MR) is 82.1 cm³/mol. The van der Waals surface area contributed by atoms with E-state index in [9.17, 15) is 14.9 Å². The monoisotopic (exact) mass is 288 g/mol. The molecule has 0 aliphatic carbocycles. The third-order valence-corrected chi connectivity index (χ3v) is 3.25. The van der Waals surface area contributed by atoms with Crippen molar-refractivity contribution in [3.05, 3.63) is 56.6 Å². The van der Waals surface area contributed by atoms with Crippen LogP contribution < -0.4 is 10.5 Å². The number of hydrogen-bond donors (Lipinski definition) is 0. The van der Waals surface area contributed by atoms with Gasteiger partial charge in [0.1, 0.15) is 5.58 Å². The lowest BCUT2D eigenvalue weighted by Gasteiger charge is -2.20. The molecule has 0 bridgehead atoms. The Labute approximate surface area is 121 Å². The minimum atomic E-state index is -0.618. The summed E-state index contributed by atoms with van der Waals surface area (Å²) in [5, 5.41) is 11.0. The summed E-state index contributed by atoms with van der Waals surface area (Å²) >= 11 is 0. The molecular weight excluding hydrogens is 272 g/mol. The van der Waals surface area contributed by atoms with Crippen molar-refractivity contribution in [1.29, 1.82) is 0 Å². The molecule has 0 saturated heterocycles. The molecule has 1 aromatic carbocycles. The maximum atomic E-state index is 11.8. The first-order valence-corrected chi connectivity index (χ1v) is 6.69. The van der Waals surface area contributed by atoms with E-state index in [0.717, 1.165) is 36.4 Å². The summed E-state index contributed by atoms with van der Waals surface area (Å²) in [5.74, 6) is 0. The van der Waals surface area contributed by atoms with Crippen molar-refractivity contribution in [1.82, 2.24) is 0 Å². The quantitative estimate of drug-likeness (QED) is 0.480. The van der Waals surface area contributed by atoms with E-state index in [1.165, 1.54) is 0 Å². The molecule has 1 heterocycles. The van der Waals surface area contributed by atoms with Crippen molar-refractivity contribution in [2.24, 2.45) is 0 Å². The van der Waals surface area contributed by atoms with Gasteiger partial charge in [0.2, 0.25) is 6.20 Å². The van der Waals surface area contributed by atoms with Crippen LogP contribution in [0, 0.1) is 10.1 Å². The fourth-order valence-electron chi connectivity index (χ4n) is 2.16. The Hall–Kier alpha value is -2.63. The van der Waals surface area contributed by atoms with Crippen LogP contribution in [0.3, 0.4) is 0 Å². The second-order valence-corrected chi connectivity index (χ2v) is 4.48. The summed E-state index contributed by atoms with van der Waals surface area (Å²) in [6.45, 7) is 5.82. The maximum Gasteiger partial charge on any atom is 0.343 e. The summed E-state index contributed by atoms with van der Waals surface area (Å²) < 4.78 is 5.25. The molecule has 0 unspecified atom stereocenters. The zero-order valence-electron chi connectivity index (χ0n) is 11.9. The molecule has 0 saturated carbocycles. The summed E-state index contributed by atoms with van der Waals surface area (Å²) in [7, 11) is 0. The van der Waals surface area contributed by atoms with Gasteiger partial charge in [0.15, 0.2) is 0 Å². The molecule has 0 aliphatic rings. The van der Waals surface area contributed by atoms with E-state index in [1.807, 2.05) is 18.2 Å². The van der Waals surface area contributed by atoms with Gasteiger partial charge in [-0.2, -0.15) is 0 Å². The Morgan fingerprint density at radius 2 is 2.00 bits per heavy atom. The van der Waals surface area contributed by atoms with Gasteiger partial charge in [-0.05, 0) is 32.0 Å². The second-order valence-electron chi connectivity index (χ2n) is 4.48. The van der Waals surface area contributed by atoms with E-state index >= 15 is 0 Å². The fourth-order valence-corrected chi connectivity index (χ4v) is 2.16. The zero-order chi connectivity index (χ0) is 15.4. The van der Waals surface area contributed by atoms with Crippen LogP contribution in [-0.2, 0) is 0 Å². The van der Waals surface area contributed by atoms with Crippen molar-refractivity contribution < 1.29 is 9.34 Å². The van der Waals surface area contributed by atoms with Crippen molar-refractivity contribution >= 4 is 22.7 Å². The maximum absolute atomic E-state index is 11.8. The van der Waals surface area contributed by atoms with E-state index < -0.39 is 10.5 Å². The molecule has 1 aromatic heterocycles. The average Bonchev–Trinajstić information content (AvgIpc) is 2.46. The lowest BCUT2D eigenvalue weighted by Crippen LogP contribution is -2.21. The van der Waals surface area contributed by atoms with Crippen molar-refractivity contribution in [3.8, 4) is 0 Å². The lowest BCUT2D eigenvalue weighted by atomic mass is 10.1. The topological polar surface area (TPSA) is 76.6 Å². The van der Waals surface area contributed by atoms with Gasteiger partial charge in [-0.15, -0.1) is 0 Å². The first-order chi connectivity index (χ1) is 10.0. The van der Waals surface area contributed by atoms with Crippen LogP contribution in [0.15, 0.2) is 39.7 Å². The smallest absolute Gasteiger partial charge is 0.343 e. The molecule has 0 radical (unpaired) electrons. The summed E-state index contributed by atoms with van der Waals surface area (Å²) in [5.41, 5.74) is 1.03. The van der Waals surface area contributed by atoms with Crippen LogP contribution in [0.2, 0.25) is 0 Å². The number of benzene rings is 1. The Balaban J connectivity index is 2.49. The van der Waals surface area contributed by atoms with E-state index in [-0.39, 0.29) is 5.56 Å². The summed E-state index contributed by atoms with van der Waals surface area (Å²) in [6, 6.07) is 7.18. The number of nitro groups is 1. The molecule has 6 heteroatoms. The van der Waals surface area contributed by atoms with Crippen molar-refractivity contribution in [2.75, 3.05) is 18.0 Å². The van der Waals surface area contributed by atoms with Gasteiger partial charge in [0, 0.05) is 36.3 Å². The number of rotatable bonds is 5. The first-order valence-electron chi connectivity index (χ1n) is 6.69. The molecule has 0 atom stereocenters. The number of nitrogens with zero attached hydrogens (tertiary/aromatic N) is 2. The first kappa shape index (κ1) is 14.8. The van der Waals surface area contributed by atoms with Gasteiger partial charge < -0.3 is 9.32 Å². The highest BCUT2D eigenvalue weighted by molar-refractivity contribution is 5.82. The minimum Gasteiger partial charge on any atom is -0.422 e. The fraction of sp³-hybridized carbons (Fsp3) is 0.267. The van der Waals surface area contributed by atoms with E-state index in [1.54, 1.807) is 6.07 Å². The van der Waals surface area contributed by atoms with Gasteiger partial charge >= 0.3 is 5.63 Å². The van der Waals surface area contributed by atoms with Crippen LogP contribution in [0.1, 0.15) is 19.4 Å². The molecule has 0 N–H and O–H groups in total. The number of hydrogen-bond acceptors (Lipinski definition) is 5. The third-order valence-electron chi connectivity index (χ3n) is 3.25. The van der Waals surface area contributed by atoms with Gasteiger partial charge in [0.25, 0.3) is 0 Å². The molecule has 0 fully saturated rings. The van der Waals surface area contributed by atoms with Gasteiger partial charge in [-0.25, -0.2) is 4.79 Å². The summed E-state index contributed by atoms with van der Waals surface area (Å²) in [4.78, 5) is 23.6. The normalized spacial score (nSPS) is 11.1. The van der Waals surface area contributed by atoms with E-state index in [0.29, 0.717) is 5.58 Å². The molecule has 0 amide bonds. The van der Waals surface area contributed by atoms with E-state index in [4.69, 9.17) is 4.42 Å². The van der Waals surface area contributed by atoms with Crippen LogP contribution in [0.25, 0.3) is 17.0 Å². The standard InChI is InChI=1S/C15H16N2O4/c1-3-16(4-2)13-6-5-11-9-12(7-8-17(19)20)15(18)21-14(11)10-13/h5-10H,3-4H2,1-2H3. The van der Waals surface area contributed by atoms with Crippen LogP contribution >= 0.6 is 0 Å². The molecule has 0 aliphatic heterocycles. The highest BCUT2D eigenvalue weighted by Gasteiger charge is 2.07. The molecule has 2 aromatic rings. The van der Waals surface area contributed by atoms with Gasteiger partial charge in [-0.3, -0.25) is 10.1 Å². The number of anilines is 1. The Morgan fingerprint density at radius 1 is 1.29 bits per heavy atom. The minimum absolute atomic E-state index is 0.162. The van der Waals surface area contributed by atoms with Crippen LogP contribution in [-0.4, -0.2) is 18.0 Å². The SMILES string of the molecule is CCN(CC)c1ccc2cc(C=C[N+](=O)[O-])c(=O)oc2c1. The Kier molecular flexibility index (Phi) is 4.37. The zero-order valence-corrected chi connectivity index (χ0v) is 11.9. The van der Waals surface area contributed by atoms with Crippen LogP contribution in [0.5, 0.6) is 0 Å². The highest BCUT2D eigenvalue weighted by Crippen LogP contribution is 2.22. The molecule has 0 spiro atoms. The highest BCUT2D eigenvalue weighted by atomic mass is 16.6. The molecule has 110 valence electrons. The molecular formula is C15H16N2O4. The third kappa shape index (κ3) is 3.28. The second kappa shape index (κ2) is 6.21. The van der Waals surface area contributed by atoms with Crippen molar-refractivity contribution in [2.45, 2.75) is 13.8 Å². The molecule has 6 nitrogen and oxygen atoms in total. The average molecular weight is 288 g/mol. The molecule has 2 rings (SSSR count). The van der Waals surface area contributed by atoms with E-state index in [2.05, 4.69) is 18.7 Å².